The Balaban J connectivity index is 1.93. The standard InChI is InChI=1S/C13H17BrN2O3/c1-9(11-3-2-6-19-11)15-12(17)8-16-7-10(14)4-5-13(16)18/h4-5,7,9,11H,2-3,6,8H2,1H3,(H,15,17)/t9-,11-/m0/s1. The van der Waals surface area contributed by atoms with Crippen molar-refractivity contribution in [3.8, 4) is 0 Å². The summed E-state index contributed by atoms with van der Waals surface area (Å²) >= 11 is 3.28. The molecule has 1 aliphatic heterocycles. The molecular weight excluding hydrogens is 312 g/mol. The fraction of sp³-hybridized carbons (Fsp3) is 0.538. The summed E-state index contributed by atoms with van der Waals surface area (Å²) in [6, 6.07) is 3.06. The van der Waals surface area contributed by atoms with Gasteiger partial charge in [-0.05, 0) is 41.8 Å². The van der Waals surface area contributed by atoms with Crippen LogP contribution in [0.1, 0.15) is 19.8 Å². The van der Waals surface area contributed by atoms with E-state index in [4.69, 9.17) is 4.74 Å². The Morgan fingerprint density at radius 2 is 2.42 bits per heavy atom. The first-order chi connectivity index (χ1) is 9.06. The number of rotatable bonds is 4. The van der Waals surface area contributed by atoms with Gasteiger partial charge in [0.15, 0.2) is 0 Å². The molecule has 104 valence electrons. The Morgan fingerprint density at radius 3 is 3.11 bits per heavy atom. The van der Waals surface area contributed by atoms with Crippen LogP contribution in [0.5, 0.6) is 0 Å². The summed E-state index contributed by atoms with van der Waals surface area (Å²) in [5.74, 6) is -0.178. The van der Waals surface area contributed by atoms with Gasteiger partial charge in [0, 0.05) is 23.3 Å². The number of carbonyl (C=O) groups excluding carboxylic acids is 1. The predicted molar refractivity (Wildman–Crippen MR) is 75.0 cm³/mol. The van der Waals surface area contributed by atoms with E-state index in [2.05, 4.69) is 21.2 Å². The maximum absolute atomic E-state index is 11.9. The maximum Gasteiger partial charge on any atom is 0.251 e. The van der Waals surface area contributed by atoms with Crippen molar-refractivity contribution in [2.45, 2.75) is 38.5 Å². The van der Waals surface area contributed by atoms with E-state index >= 15 is 0 Å². The van der Waals surface area contributed by atoms with Crippen molar-refractivity contribution < 1.29 is 9.53 Å². The molecule has 6 heteroatoms. The molecule has 0 radical (unpaired) electrons. The van der Waals surface area contributed by atoms with E-state index in [9.17, 15) is 9.59 Å². The van der Waals surface area contributed by atoms with Gasteiger partial charge in [-0.2, -0.15) is 0 Å². The molecule has 0 aliphatic carbocycles. The Kier molecular flexibility index (Phi) is 4.76. The minimum Gasteiger partial charge on any atom is -0.376 e. The average molecular weight is 329 g/mol. The monoisotopic (exact) mass is 328 g/mol. The summed E-state index contributed by atoms with van der Waals surface area (Å²) in [4.78, 5) is 23.5. The van der Waals surface area contributed by atoms with Crippen molar-refractivity contribution in [3.63, 3.8) is 0 Å². The second-order valence-corrected chi connectivity index (χ2v) is 5.64. The molecule has 2 rings (SSSR count). The molecule has 1 N–H and O–H groups in total. The fourth-order valence-electron chi connectivity index (χ4n) is 2.17. The van der Waals surface area contributed by atoms with Gasteiger partial charge in [0.05, 0.1) is 12.1 Å². The zero-order valence-electron chi connectivity index (χ0n) is 10.8. The summed E-state index contributed by atoms with van der Waals surface area (Å²) in [5.41, 5.74) is -0.192. The highest BCUT2D eigenvalue weighted by Gasteiger charge is 2.23. The molecule has 0 bridgehead atoms. The third-order valence-electron chi connectivity index (χ3n) is 3.17. The van der Waals surface area contributed by atoms with Crippen LogP contribution in [0, 0.1) is 0 Å². The molecule has 0 unspecified atom stereocenters. The summed E-state index contributed by atoms with van der Waals surface area (Å²) in [5, 5.41) is 2.88. The van der Waals surface area contributed by atoms with Crippen LogP contribution in [0.2, 0.25) is 0 Å². The maximum atomic E-state index is 11.9. The highest BCUT2D eigenvalue weighted by atomic mass is 79.9. The molecule has 1 aromatic rings. The SMILES string of the molecule is C[C@H](NC(=O)Cn1cc(Br)ccc1=O)[C@@H]1CCCO1. The zero-order chi connectivity index (χ0) is 13.8. The number of aromatic nitrogens is 1. The van der Waals surface area contributed by atoms with Gasteiger partial charge in [-0.1, -0.05) is 0 Å². The van der Waals surface area contributed by atoms with Crippen LogP contribution in [0.25, 0.3) is 0 Å². The molecule has 0 aromatic carbocycles. The van der Waals surface area contributed by atoms with Crippen LogP contribution in [0.4, 0.5) is 0 Å². The molecule has 1 fully saturated rings. The summed E-state index contributed by atoms with van der Waals surface area (Å²) in [6.07, 6.45) is 3.70. The Hall–Kier alpha value is -1.14. The van der Waals surface area contributed by atoms with Crippen LogP contribution in [-0.4, -0.2) is 29.2 Å². The van der Waals surface area contributed by atoms with Gasteiger partial charge in [0.2, 0.25) is 5.91 Å². The van der Waals surface area contributed by atoms with E-state index < -0.39 is 0 Å². The van der Waals surface area contributed by atoms with E-state index in [-0.39, 0.29) is 30.2 Å². The number of nitrogens with zero attached hydrogens (tertiary/aromatic N) is 1. The van der Waals surface area contributed by atoms with Crippen LogP contribution in [0.15, 0.2) is 27.6 Å². The van der Waals surface area contributed by atoms with E-state index in [1.807, 2.05) is 6.92 Å². The van der Waals surface area contributed by atoms with Gasteiger partial charge in [-0.15, -0.1) is 0 Å². The number of hydrogen-bond acceptors (Lipinski definition) is 3. The van der Waals surface area contributed by atoms with Gasteiger partial charge in [-0.3, -0.25) is 9.59 Å². The molecule has 19 heavy (non-hydrogen) atoms. The Bertz CT molecular complexity index is 509. The van der Waals surface area contributed by atoms with Crippen molar-refractivity contribution in [3.05, 3.63) is 33.2 Å². The number of amides is 1. The molecule has 1 amide bonds. The molecule has 1 aliphatic rings. The third-order valence-corrected chi connectivity index (χ3v) is 3.64. The third kappa shape index (κ3) is 3.91. The topological polar surface area (TPSA) is 60.3 Å². The second kappa shape index (κ2) is 6.34. The van der Waals surface area contributed by atoms with Crippen LogP contribution in [-0.2, 0) is 16.1 Å². The fourth-order valence-corrected chi connectivity index (χ4v) is 2.55. The van der Waals surface area contributed by atoms with E-state index in [1.54, 1.807) is 12.3 Å². The first-order valence-corrected chi connectivity index (χ1v) is 7.12. The van der Waals surface area contributed by atoms with Gasteiger partial charge < -0.3 is 14.6 Å². The average Bonchev–Trinajstić information content (AvgIpc) is 2.87. The Morgan fingerprint density at radius 1 is 1.63 bits per heavy atom. The Labute approximate surface area is 120 Å². The minimum atomic E-state index is -0.192. The van der Waals surface area contributed by atoms with Crippen LogP contribution in [0.3, 0.4) is 0 Å². The van der Waals surface area contributed by atoms with E-state index in [0.29, 0.717) is 0 Å². The quantitative estimate of drug-likeness (QED) is 0.906. The number of halogens is 1. The van der Waals surface area contributed by atoms with Gasteiger partial charge in [0.1, 0.15) is 6.54 Å². The summed E-state index contributed by atoms with van der Waals surface area (Å²) in [6.45, 7) is 2.71. The van der Waals surface area contributed by atoms with Crippen LogP contribution >= 0.6 is 15.9 Å². The van der Waals surface area contributed by atoms with Crippen molar-refractivity contribution in [2.24, 2.45) is 0 Å². The predicted octanol–water partition coefficient (Wildman–Crippen LogP) is 1.29. The molecule has 1 saturated heterocycles. The lowest BCUT2D eigenvalue weighted by atomic mass is 10.1. The normalized spacial score (nSPS) is 20.2. The lowest BCUT2D eigenvalue weighted by molar-refractivity contribution is -0.123. The number of pyridine rings is 1. The molecule has 2 heterocycles. The van der Waals surface area contributed by atoms with Crippen molar-refractivity contribution in [2.75, 3.05) is 6.61 Å². The molecule has 5 nitrogen and oxygen atoms in total. The number of nitrogens with one attached hydrogen (secondary N) is 1. The summed E-state index contributed by atoms with van der Waals surface area (Å²) in [7, 11) is 0. The van der Waals surface area contributed by atoms with Gasteiger partial charge in [-0.25, -0.2) is 0 Å². The largest absolute Gasteiger partial charge is 0.376 e. The highest BCUT2D eigenvalue weighted by molar-refractivity contribution is 9.10. The minimum absolute atomic E-state index is 0.0231. The summed E-state index contributed by atoms with van der Waals surface area (Å²) < 4.78 is 7.66. The first kappa shape index (κ1) is 14.3. The number of hydrogen-bond donors (Lipinski definition) is 1. The van der Waals surface area contributed by atoms with Gasteiger partial charge in [0.25, 0.3) is 5.56 Å². The smallest absolute Gasteiger partial charge is 0.251 e. The second-order valence-electron chi connectivity index (χ2n) is 4.72. The van der Waals surface area contributed by atoms with E-state index in [1.165, 1.54) is 10.6 Å². The van der Waals surface area contributed by atoms with Gasteiger partial charge >= 0.3 is 0 Å². The lowest BCUT2D eigenvalue weighted by Crippen LogP contribution is -2.43. The highest BCUT2D eigenvalue weighted by Crippen LogP contribution is 2.15. The lowest BCUT2D eigenvalue weighted by Gasteiger charge is -2.20. The zero-order valence-corrected chi connectivity index (χ0v) is 12.4. The van der Waals surface area contributed by atoms with E-state index in [0.717, 1.165) is 23.9 Å². The molecule has 0 spiro atoms. The van der Waals surface area contributed by atoms with Crippen molar-refractivity contribution in [1.29, 1.82) is 0 Å². The van der Waals surface area contributed by atoms with Crippen molar-refractivity contribution in [1.82, 2.24) is 9.88 Å². The number of carbonyl (C=O) groups is 1. The van der Waals surface area contributed by atoms with Crippen molar-refractivity contribution >= 4 is 21.8 Å². The number of ether oxygens (including phenoxy) is 1. The first-order valence-electron chi connectivity index (χ1n) is 6.33. The van der Waals surface area contributed by atoms with Crippen LogP contribution < -0.4 is 10.9 Å². The molecule has 1 aromatic heterocycles. The molecule has 0 saturated carbocycles. The molecular formula is C13H17BrN2O3. The molecule has 2 atom stereocenters.